The van der Waals surface area contributed by atoms with Crippen LogP contribution in [0.4, 0.5) is 0 Å². The molecule has 106 valence electrons. The van der Waals surface area contributed by atoms with Gasteiger partial charge in [0.1, 0.15) is 5.25 Å². The lowest BCUT2D eigenvalue weighted by Gasteiger charge is -2.36. The van der Waals surface area contributed by atoms with E-state index in [9.17, 15) is 9.47 Å². The molecule has 0 saturated carbocycles. The summed E-state index contributed by atoms with van der Waals surface area (Å²) in [4.78, 5) is 0.733. The van der Waals surface area contributed by atoms with Crippen LogP contribution in [0.5, 0.6) is 0 Å². The molecule has 0 N–H and O–H groups in total. The van der Waals surface area contributed by atoms with Gasteiger partial charge in [-0.05, 0) is 19.1 Å². The minimum Gasteiger partial charge on any atom is -0.254 e. The molecule has 4 nitrogen and oxygen atoms in total. The Morgan fingerprint density at radius 3 is 2.45 bits per heavy atom. The van der Waals surface area contributed by atoms with E-state index < -0.39 is 27.0 Å². The van der Waals surface area contributed by atoms with Crippen molar-refractivity contribution in [2.45, 2.75) is 43.4 Å². The maximum Gasteiger partial charge on any atom is 0.188 e. The van der Waals surface area contributed by atoms with Gasteiger partial charge >= 0.3 is 0 Å². The number of nitrogens with zero attached hydrogens (tertiary/aromatic N) is 3. The lowest BCUT2D eigenvalue weighted by molar-refractivity contribution is 0.257. The summed E-state index contributed by atoms with van der Waals surface area (Å²) >= 11 is 0. The highest BCUT2D eigenvalue weighted by molar-refractivity contribution is 7.85. The van der Waals surface area contributed by atoms with Crippen LogP contribution < -0.4 is 0 Å². The molecule has 5 heteroatoms. The Kier molecular flexibility index (Phi) is 3.79. The molecule has 0 radical (unpaired) electrons. The van der Waals surface area contributed by atoms with Crippen LogP contribution >= 0.6 is 0 Å². The molecular formula is C15H19N3OS. The molecule has 0 spiro atoms. The molecule has 0 amide bonds. The first-order valence-electron chi connectivity index (χ1n) is 6.59. The minimum absolute atomic E-state index is 0.339. The maximum atomic E-state index is 12.8. The van der Waals surface area contributed by atoms with Crippen LogP contribution in [-0.4, -0.2) is 21.5 Å². The van der Waals surface area contributed by atoms with Crippen LogP contribution in [0.1, 0.15) is 26.3 Å². The summed E-state index contributed by atoms with van der Waals surface area (Å²) in [6.07, 6.45) is 0. The van der Waals surface area contributed by atoms with Gasteiger partial charge in [0.25, 0.3) is 0 Å². The summed E-state index contributed by atoms with van der Waals surface area (Å²) in [5, 5.41) is 17.4. The molecule has 0 bridgehead atoms. The molecular weight excluding hydrogens is 270 g/mol. The van der Waals surface area contributed by atoms with Crippen molar-refractivity contribution in [2.24, 2.45) is 15.6 Å². The number of azo groups is 1. The van der Waals surface area contributed by atoms with Crippen molar-refractivity contribution in [2.75, 3.05) is 6.54 Å². The van der Waals surface area contributed by atoms with Gasteiger partial charge in [0.15, 0.2) is 5.54 Å². The summed E-state index contributed by atoms with van der Waals surface area (Å²) in [5.41, 5.74) is -0.316. The average molecular weight is 289 g/mol. The Hall–Kier alpha value is -1.54. The third kappa shape index (κ3) is 2.29. The molecule has 1 aliphatic rings. The quantitative estimate of drug-likeness (QED) is 0.838. The number of hydrogen-bond acceptors (Lipinski definition) is 4. The molecule has 20 heavy (non-hydrogen) atoms. The van der Waals surface area contributed by atoms with Gasteiger partial charge in [-0.1, -0.05) is 38.5 Å². The van der Waals surface area contributed by atoms with E-state index >= 15 is 0 Å². The first kappa shape index (κ1) is 14.9. The molecule has 0 aromatic heterocycles. The molecule has 1 aromatic carbocycles. The van der Waals surface area contributed by atoms with E-state index in [1.54, 1.807) is 0 Å². The lowest BCUT2D eigenvalue weighted by atomic mass is 9.73. The van der Waals surface area contributed by atoms with Crippen LogP contribution in [0.15, 0.2) is 39.4 Å². The first-order chi connectivity index (χ1) is 9.32. The van der Waals surface area contributed by atoms with Gasteiger partial charge < -0.3 is 0 Å². The zero-order valence-electron chi connectivity index (χ0n) is 12.3. The van der Waals surface area contributed by atoms with Gasteiger partial charge in [0.05, 0.1) is 23.4 Å². The van der Waals surface area contributed by atoms with Crippen molar-refractivity contribution in [3.63, 3.8) is 0 Å². The highest BCUT2D eigenvalue weighted by atomic mass is 32.2. The normalized spacial score (nSPS) is 27.2. The predicted octanol–water partition coefficient (Wildman–Crippen LogP) is 3.25. The molecule has 0 fully saturated rings. The van der Waals surface area contributed by atoms with E-state index in [1.165, 1.54) is 0 Å². The first-order valence-corrected chi connectivity index (χ1v) is 7.80. The van der Waals surface area contributed by atoms with Crippen LogP contribution in [0.2, 0.25) is 0 Å². The second-order valence-electron chi connectivity index (χ2n) is 6.15. The monoisotopic (exact) mass is 289 g/mol. The fourth-order valence-electron chi connectivity index (χ4n) is 2.38. The molecule has 0 aliphatic carbocycles. The average Bonchev–Trinajstić information content (AvgIpc) is 2.83. The van der Waals surface area contributed by atoms with Crippen LogP contribution in [0.3, 0.4) is 0 Å². The molecule has 0 saturated heterocycles. The smallest absolute Gasteiger partial charge is 0.188 e. The van der Waals surface area contributed by atoms with Gasteiger partial charge in [-0.15, -0.1) is 0 Å². The van der Waals surface area contributed by atoms with Crippen molar-refractivity contribution in [1.82, 2.24) is 0 Å². The van der Waals surface area contributed by atoms with E-state index in [0.29, 0.717) is 6.54 Å². The Morgan fingerprint density at radius 1 is 1.35 bits per heavy atom. The number of rotatable bonds is 2. The Balaban J connectivity index is 2.40. The minimum atomic E-state index is -1.29. The molecule has 1 heterocycles. The molecule has 1 aliphatic heterocycles. The number of aryl methyl sites for hydroxylation is 1. The number of benzene rings is 1. The summed E-state index contributed by atoms with van der Waals surface area (Å²) in [6, 6.07) is 9.85. The van der Waals surface area contributed by atoms with Gasteiger partial charge in [0, 0.05) is 10.3 Å². The Labute approximate surface area is 122 Å². The topological polar surface area (TPSA) is 65.6 Å². The van der Waals surface area contributed by atoms with E-state index in [-0.39, 0.29) is 0 Å². The number of hydrogen-bond donors (Lipinski definition) is 0. The highest BCUT2D eigenvalue weighted by Gasteiger charge is 2.55. The van der Waals surface area contributed by atoms with E-state index in [2.05, 4.69) is 16.3 Å². The van der Waals surface area contributed by atoms with Gasteiger partial charge in [-0.25, -0.2) is 0 Å². The summed E-state index contributed by atoms with van der Waals surface area (Å²) in [5.74, 6) is 0. The summed E-state index contributed by atoms with van der Waals surface area (Å²) in [6.45, 7) is 8.16. The fourth-order valence-corrected chi connectivity index (χ4v) is 4.08. The highest BCUT2D eigenvalue weighted by Crippen LogP contribution is 2.43. The van der Waals surface area contributed by atoms with E-state index in [0.717, 1.165) is 10.5 Å². The van der Waals surface area contributed by atoms with Gasteiger partial charge in [0.2, 0.25) is 0 Å². The van der Waals surface area contributed by atoms with Crippen molar-refractivity contribution in [1.29, 1.82) is 5.26 Å². The molecule has 2 rings (SSSR count). The van der Waals surface area contributed by atoms with Crippen molar-refractivity contribution < 1.29 is 4.21 Å². The second kappa shape index (κ2) is 5.10. The van der Waals surface area contributed by atoms with Crippen LogP contribution in [0.25, 0.3) is 0 Å². The van der Waals surface area contributed by atoms with Crippen LogP contribution in [-0.2, 0) is 10.8 Å². The molecule has 3 atom stereocenters. The second-order valence-corrected chi connectivity index (χ2v) is 7.79. The third-order valence-corrected chi connectivity index (χ3v) is 5.51. The predicted molar refractivity (Wildman–Crippen MR) is 78.9 cm³/mol. The number of nitriles is 1. The van der Waals surface area contributed by atoms with Crippen molar-refractivity contribution in [3.05, 3.63) is 29.8 Å². The fraction of sp³-hybridized carbons (Fsp3) is 0.533. The van der Waals surface area contributed by atoms with E-state index in [4.69, 9.17) is 0 Å². The Morgan fingerprint density at radius 2 is 1.95 bits per heavy atom. The van der Waals surface area contributed by atoms with Gasteiger partial charge in [-0.3, -0.25) is 4.21 Å². The van der Waals surface area contributed by atoms with Crippen molar-refractivity contribution in [3.8, 4) is 6.07 Å². The Bertz CT molecular complexity index is 595. The largest absolute Gasteiger partial charge is 0.254 e. The molecule has 1 aromatic rings. The standard InChI is InChI=1S/C15H19N3OS/c1-11-5-7-12(8-6-11)20(19)13-9-17-18-15(13,10-16)14(2,3)4/h5-8,13H,9H2,1-4H3/t13-,15-,20?/m0/s1. The van der Waals surface area contributed by atoms with E-state index in [1.807, 2.05) is 52.0 Å². The summed E-state index contributed by atoms with van der Waals surface area (Å²) < 4.78 is 12.8. The SMILES string of the molecule is Cc1ccc(S(=O)[C@H]2CN=N[C@]2(C#N)C(C)(C)C)cc1. The molecule has 1 unspecified atom stereocenters. The van der Waals surface area contributed by atoms with Gasteiger partial charge in [-0.2, -0.15) is 15.5 Å². The third-order valence-electron chi connectivity index (χ3n) is 3.77. The summed E-state index contributed by atoms with van der Waals surface area (Å²) in [7, 11) is -1.29. The maximum absolute atomic E-state index is 12.8. The lowest BCUT2D eigenvalue weighted by Crippen LogP contribution is -2.50. The van der Waals surface area contributed by atoms with Crippen molar-refractivity contribution >= 4 is 10.8 Å². The zero-order chi connectivity index (χ0) is 15.0. The van der Waals surface area contributed by atoms with Crippen LogP contribution in [0, 0.1) is 23.7 Å². The zero-order valence-corrected chi connectivity index (χ0v) is 13.1.